The molecule has 0 aliphatic heterocycles. The molecule has 0 spiro atoms. The first-order valence-corrected chi connectivity index (χ1v) is 6.70. The first-order chi connectivity index (χ1) is 10.3. The van der Waals surface area contributed by atoms with E-state index >= 15 is 0 Å². The van der Waals surface area contributed by atoms with Crippen LogP contribution in [0.2, 0.25) is 0 Å². The highest BCUT2D eigenvalue weighted by Gasteiger charge is 2.07. The van der Waals surface area contributed by atoms with Gasteiger partial charge in [-0.15, -0.1) is 0 Å². The largest absolute Gasteiger partial charge is 0.497 e. The van der Waals surface area contributed by atoms with E-state index in [9.17, 15) is 0 Å². The lowest BCUT2D eigenvalue weighted by Gasteiger charge is -2.12. The third-order valence-corrected chi connectivity index (χ3v) is 3.29. The minimum absolute atomic E-state index is 0.403. The minimum Gasteiger partial charge on any atom is -0.497 e. The third kappa shape index (κ3) is 2.80. The van der Waals surface area contributed by atoms with Gasteiger partial charge in [0.2, 0.25) is 0 Å². The molecule has 21 heavy (non-hydrogen) atoms. The maximum Gasteiger partial charge on any atom is 0.146 e. The zero-order valence-electron chi connectivity index (χ0n) is 11.7. The molecule has 106 valence electrons. The van der Waals surface area contributed by atoms with E-state index in [1.54, 1.807) is 13.3 Å². The molecular formula is C17H16N2O2. The van der Waals surface area contributed by atoms with Crippen LogP contribution >= 0.6 is 0 Å². The average molecular weight is 280 g/mol. The molecule has 0 aliphatic carbocycles. The minimum atomic E-state index is 0.403. The first kappa shape index (κ1) is 13.4. The summed E-state index contributed by atoms with van der Waals surface area (Å²) in [6.07, 6.45) is 1.71. The lowest BCUT2D eigenvalue weighted by atomic mass is 10.2. The highest BCUT2D eigenvalue weighted by atomic mass is 16.5. The summed E-state index contributed by atoms with van der Waals surface area (Å²) in [5, 5.41) is 1.03. The number of rotatable bonds is 4. The number of methoxy groups -OCH3 is 1. The van der Waals surface area contributed by atoms with Crippen LogP contribution in [-0.2, 0) is 6.54 Å². The van der Waals surface area contributed by atoms with E-state index in [1.807, 2.05) is 48.5 Å². The summed E-state index contributed by atoms with van der Waals surface area (Å²) in [5.74, 6) is 2.10. The van der Waals surface area contributed by atoms with E-state index in [-0.39, 0.29) is 0 Å². The van der Waals surface area contributed by atoms with E-state index in [4.69, 9.17) is 15.2 Å². The Kier molecular flexibility index (Phi) is 3.71. The maximum absolute atomic E-state index is 5.93. The zero-order chi connectivity index (χ0) is 14.7. The second-order valence-electron chi connectivity index (χ2n) is 4.64. The van der Waals surface area contributed by atoms with Crippen molar-refractivity contribution in [2.45, 2.75) is 6.54 Å². The van der Waals surface area contributed by atoms with Gasteiger partial charge in [-0.25, -0.2) is 0 Å². The fourth-order valence-electron chi connectivity index (χ4n) is 2.16. The summed E-state index contributed by atoms with van der Waals surface area (Å²) in [4.78, 5) is 4.39. The summed E-state index contributed by atoms with van der Waals surface area (Å²) in [6.45, 7) is 0.403. The van der Waals surface area contributed by atoms with Gasteiger partial charge in [-0.05, 0) is 18.2 Å². The number of benzene rings is 2. The van der Waals surface area contributed by atoms with E-state index in [1.165, 1.54) is 0 Å². The molecule has 4 heteroatoms. The van der Waals surface area contributed by atoms with Crippen molar-refractivity contribution in [2.24, 2.45) is 5.73 Å². The van der Waals surface area contributed by atoms with Gasteiger partial charge in [-0.1, -0.05) is 24.3 Å². The van der Waals surface area contributed by atoms with Crippen molar-refractivity contribution in [3.8, 4) is 17.2 Å². The number of nitrogens with zero attached hydrogens (tertiary/aromatic N) is 1. The van der Waals surface area contributed by atoms with Gasteiger partial charge in [-0.3, -0.25) is 4.98 Å². The van der Waals surface area contributed by atoms with Crippen LogP contribution in [0.15, 0.2) is 54.7 Å². The van der Waals surface area contributed by atoms with Crippen molar-refractivity contribution in [1.82, 2.24) is 4.98 Å². The number of ether oxygens (including phenoxy) is 2. The molecule has 0 bridgehead atoms. The average Bonchev–Trinajstić information content (AvgIpc) is 2.54. The fourth-order valence-corrected chi connectivity index (χ4v) is 2.16. The Morgan fingerprint density at radius 3 is 2.71 bits per heavy atom. The molecule has 0 aliphatic rings. The molecule has 2 N–H and O–H groups in total. The molecule has 0 unspecified atom stereocenters. The molecule has 3 rings (SSSR count). The van der Waals surface area contributed by atoms with Crippen LogP contribution in [-0.4, -0.2) is 12.1 Å². The van der Waals surface area contributed by atoms with Crippen molar-refractivity contribution in [2.75, 3.05) is 7.11 Å². The molecule has 1 heterocycles. The van der Waals surface area contributed by atoms with Crippen LogP contribution < -0.4 is 15.2 Å². The lowest BCUT2D eigenvalue weighted by molar-refractivity contribution is 0.408. The van der Waals surface area contributed by atoms with Crippen molar-refractivity contribution in [3.05, 3.63) is 60.3 Å². The lowest BCUT2D eigenvalue weighted by Crippen LogP contribution is -2.00. The summed E-state index contributed by atoms with van der Waals surface area (Å²) in [6, 6.07) is 15.5. The number of hydrogen-bond acceptors (Lipinski definition) is 4. The van der Waals surface area contributed by atoms with Crippen LogP contribution in [0.3, 0.4) is 0 Å². The van der Waals surface area contributed by atoms with Crippen LogP contribution in [0.5, 0.6) is 17.2 Å². The van der Waals surface area contributed by atoms with Gasteiger partial charge >= 0.3 is 0 Å². The maximum atomic E-state index is 5.93. The predicted octanol–water partition coefficient (Wildman–Crippen LogP) is 3.49. The molecule has 2 aromatic carbocycles. The molecule has 0 fully saturated rings. The number of pyridine rings is 1. The smallest absolute Gasteiger partial charge is 0.146 e. The van der Waals surface area contributed by atoms with Gasteiger partial charge in [0.05, 0.1) is 18.8 Å². The summed E-state index contributed by atoms with van der Waals surface area (Å²) in [7, 11) is 1.62. The Labute approximate surface area is 123 Å². The van der Waals surface area contributed by atoms with Gasteiger partial charge in [-0.2, -0.15) is 0 Å². The molecule has 0 atom stereocenters. The van der Waals surface area contributed by atoms with E-state index < -0.39 is 0 Å². The monoisotopic (exact) mass is 280 g/mol. The third-order valence-electron chi connectivity index (χ3n) is 3.29. The second kappa shape index (κ2) is 5.81. The van der Waals surface area contributed by atoms with E-state index in [0.717, 1.165) is 22.2 Å². The van der Waals surface area contributed by atoms with Crippen LogP contribution in [0.1, 0.15) is 5.56 Å². The van der Waals surface area contributed by atoms with Crippen molar-refractivity contribution < 1.29 is 9.47 Å². The highest BCUT2D eigenvalue weighted by Crippen LogP contribution is 2.30. The topological polar surface area (TPSA) is 57.4 Å². The van der Waals surface area contributed by atoms with Gasteiger partial charge < -0.3 is 15.2 Å². The van der Waals surface area contributed by atoms with E-state index in [2.05, 4.69) is 4.98 Å². The van der Waals surface area contributed by atoms with Gasteiger partial charge in [0.15, 0.2) is 0 Å². The molecule has 0 amide bonds. The van der Waals surface area contributed by atoms with Crippen molar-refractivity contribution in [3.63, 3.8) is 0 Å². The van der Waals surface area contributed by atoms with Crippen molar-refractivity contribution >= 4 is 10.9 Å². The standard InChI is InChI=1S/C17H16N2O2/c1-20-14-7-6-13(10-18)17(9-14)21-15-8-12-4-2-3-5-16(12)19-11-15/h2-9,11H,10,18H2,1H3. The number of nitrogens with two attached hydrogens (primary N) is 1. The summed E-state index contributed by atoms with van der Waals surface area (Å²) in [5.41, 5.74) is 7.61. The second-order valence-corrected chi connectivity index (χ2v) is 4.64. The molecule has 0 saturated carbocycles. The first-order valence-electron chi connectivity index (χ1n) is 6.70. The Hall–Kier alpha value is -2.59. The Morgan fingerprint density at radius 1 is 1.05 bits per heavy atom. The quantitative estimate of drug-likeness (QED) is 0.794. The fraction of sp³-hybridized carbons (Fsp3) is 0.118. The van der Waals surface area contributed by atoms with Crippen LogP contribution in [0, 0.1) is 0 Å². The normalized spacial score (nSPS) is 10.6. The van der Waals surface area contributed by atoms with Crippen molar-refractivity contribution in [1.29, 1.82) is 0 Å². The molecule has 1 aromatic heterocycles. The Morgan fingerprint density at radius 2 is 1.90 bits per heavy atom. The number of fused-ring (bicyclic) bond motifs is 1. The Balaban J connectivity index is 1.97. The molecule has 3 aromatic rings. The van der Waals surface area contributed by atoms with E-state index in [0.29, 0.717) is 18.0 Å². The SMILES string of the molecule is COc1ccc(CN)c(Oc2cnc3ccccc3c2)c1. The number of hydrogen-bond donors (Lipinski definition) is 1. The molecule has 0 radical (unpaired) electrons. The van der Waals surface area contributed by atoms with Gasteiger partial charge in [0.1, 0.15) is 17.2 Å². The number of aromatic nitrogens is 1. The molecular weight excluding hydrogens is 264 g/mol. The molecule has 0 saturated heterocycles. The highest BCUT2D eigenvalue weighted by molar-refractivity contribution is 5.79. The Bertz CT molecular complexity index is 772. The summed E-state index contributed by atoms with van der Waals surface area (Å²) < 4.78 is 11.2. The summed E-state index contributed by atoms with van der Waals surface area (Å²) >= 11 is 0. The van der Waals surface area contributed by atoms with Crippen LogP contribution in [0.25, 0.3) is 10.9 Å². The van der Waals surface area contributed by atoms with Gasteiger partial charge in [0.25, 0.3) is 0 Å². The zero-order valence-corrected chi connectivity index (χ0v) is 11.7. The molecule has 4 nitrogen and oxygen atoms in total. The number of para-hydroxylation sites is 1. The predicted molar refractivity (Wildman–Crippen MR) is 82.7 cm³/mol. The van der Waals surface area contributed by atoms with Crippen LogP contribution in [0.4, 0.5) is 0 Å². The van der Waals surface area contributed by atoms with Gasteiger partial charge in [0, 0.05) is 23.6 Å².